The first-order valence-electron chi connectivity index (χ1n) is 3.62. The van der Waals surface area contributed by atoms with Crippen molar-refractivity contribution in [2.24, 2.45) is 0 Å². The van der Waals surface area contributed by atoms with Gasteiger partial charge in [0.15, 0.2) is 0 Å². The lowest BCUT2D eigenvalue weighted by Gasteiger charge is -2.29. The number of hydrogen-bond acceptors (Lipinski definition) is 2. The minimum Gasteiger partial charge on any atom is -1.00 e. The van der Waals surface area contributed by atoms with Gasteiger partial charge in [0.25, 0.3) is 0 Å². The summed E-state index contributed by atoms with van der Waals surface area (Å²) in [5.41, 5.74) is 0. The maximum absolute atomic E-state index is 9.06. The molecule has 0 aromatic heterocycles. The molecule has 2 N–H and O–H groups in total. The first kappa shape index (κ1) is 13.7. The summed E-state index contributed by atoms with van der Waals surface area (Å²) in [4.78, 5) is 0. The molecule has 4 heteroatoms. The molecule has 0 fully saturated rings. The lowest BCUT2D eigenvalue weighted by molar-refractivity contribution is -0.891. The maximum atomic E-state index is 9.06. The Morgan fingerprint density at radius 1 is 1.36 bits per heavy atom. The molecule has 0 radical (unpaired) electrons. The molecule has 0 heterocycles. The Balaban J connectivity index is 0. The third-order valence-electron chi connectivity index (χ3n) is 1.77. The fourth-order valence-corrected chi connectivity index (χ4v) is 0.757. The first-order chi connectivity index (χ1) is 4.52. The number of nitrogens with zero attached hydrogens (tertiary/aromatic N) is 1. The summed E-state index contributed by atoms with van der Waals surface area (Å²) < 4.78 is 0.752. The molecule has 11 heavy (non-hydrogen) atoms. The third kappa shape index (κ3) is 6.56. The van der Waals surface area contributed by atoms with E-state index in [1.165, 1.54) is 0 Å². The Labute approximate surface area is 74.6 Å². The number of halogens is 1. The summed E-state index contributed by atoms with van der Waals surface area (Å²) in [7, 11) is 4.05. The van der Waals surface area contributed by atoms with Gasteiger partial charge >= 0.3 is 0 Å². The average Bonchev–Trinajstić information content (AvgIpc) is 1.87. The van der Waals surface area contributed by atoms with E-state index in [1.54, 1.807) is 0 Å². The van der Waals surface area contributed by atoms with E-state index in [0.717, 1.165) is 11.0 Å². The summed E-state index contributed by atoms with van der Waals surface area (Å²) in [6, 6.07) is 0. The molecule has 0 aliphatic heterocycles. The van der Waals surface area contributed by atoms with Gasteiger partial charge in [-0.1, -0.05) is 0 Å². The zero-order valence-corrected chi connectivity index (χ0v) is 8.17. The summed E-state index contributed by atoms with van der Waals surface area (Å²) in [5, 5.41) is 17.6. The normalized spacial score (nSPS) is 13.9. The van der Waals surface area contributed by atoms with Crippen LogP contribution in [-0.2, 0) is 0 Å². The Morgan fingerprint density at radius 3 is 2.09 bits per heavy atom. The highest BCUT2D eigenvalue weighted by molar-refractivity contribution is 4.48. The fraction of sp³-hybridized carbons (Fsp3) is 1.00. The number of rotatable bonds is 4. The first-order valence-corrected chi connectivity index (χ1v) is 3.62. The van der Waals surface area contributed by atoms with Crippen molar-refractivity contribution in [3.63, 3.8) is 0 Å². The van der Waals surface area contributed by atoms with Crippen molar-refractivity contribution in [3.8, 4) is 0 Å². The van der Waals surface area contributed by atoms with Crippen LogP contribution in [0.3, 0.4) is 0 Å². The predicted molar refractivity (Wildman–Crippen MR) is 40.6 cm³/mol. The van der Waals surface area contributed by atoms with Crippen molar-refractivity contribution in [2.45, 2.75) is 13.0 Å². The molecule has 3 nitrogen and oxygen atoms in total. The zero-order valence-electron chi connectivity index (χ0n) is 7.42. The molecule has 0 aromatic rings. The highest BCUT2D eigenvalue weighted by Gasteiger charge is 2.16. The zero-order chi connectivity index (χ0) is 8.20. The van der Waals surface area contributed by atoms with E-state index >= 15 is 0 Å². The van der Waals surface area contributed by atoms with Gasteiger partial charge in [0.2, 0.25) is 0 Å². The molecule has 0 aliphatic carbocycles. The number of aliphatic hydroxyl groups is 2. The second-order valence-electron chi connectivity index (χ2n) is 3.27. The van der Waals surface area contributed by atoms with E-state index in [1.807, 2.05) is 14.1 Å². The molecule has 0 aromatic carbocycles. The molecule has 0 spiro atoms. The minimum absolute atomic E-state index is 0. The van der Waals surface area contributed by atoms with Gasteiger partial charge in [-0.15, -0.1) is 0 Å². The van der Waals surface area contributed by atoms with Gasteiger partial charge in [0.1, 0.15) is 12.6 Å². The van der Waals surface area contributed by atoms with Crippen LogP contribution in [-0.4, -0.2) is 54.6 Å². The van der Waals surface area contributed by atoms with E-state index in [9.17, 15) is 0 Å². The van der Waals surface area contributed by atoms with E-state index < -0.39 is 6.10 Å². The van der Waals surface area contributed by atoms with E-state index in [2.05, 4.69) is 6.92 Å². The smallest absolute Gasteiger partial charge is 0.126 e. The van der Waals surface area contributed by atoms with Crippen LogP contribution in [0, 0.1) is 0 Å². The molecule has 1 unspecified atom stereocenters. The van der Waals surface area contributed by atoms with Crippen LogP contribution in [0.2, 0.25) is 0 Å². The van der Waals surface area contributed by atoms with Crippen molar-refractivity contribution >= 4 is 0 Å². The monoisotopic (exact) mass is 183 g/mol. The quantitative estimate of drug-likeness (QED) is 0.443. The van der Waals surface area contributed by atoms with Crippen LogP contribution in [0.15, 0.2) is 0 Å². The summed E-state index contributed by atoms with van der Waals surface area (Å²) in [5.74, 6) is 0. The Kier molecular flexibility index (Phi) is 7.21. The lowest BCUT2D eigenvalue weighted by Crippen LogP contribution is -3.00. The van der Waals surface area contributed by atoms with E-state index in [-0.39, 0.29) is 19.0 Å². The second-order valence-corrected chi connectivity index (χ2v) is 3.27. The third-order valence-corrected chi connectivity index (χ3v) is 1.77. The van der Waals surface area contributed by atoms with Gasteiger partial charge in [-0.25, -0.2) is 0 Å². The second kappa shape index (κ2) is 5.77. The molecule has 70 valence electrons. The Morgan fingerprint density at radius 2 is 1.82 bits per heavy atom. The largest absolute Gasteiger partial charge is 1.00 e. The summed E-state index contributed by atoms with van der Waals surface area (Å²) in [6.45, 7) is 3.51. The predicted octanol–water partition coefficient (Wildman–Crippen LogP) is -3.56. The number of aliphatic hydroxyl groups excluding tert-OH is 2. The van der Waals surface area contributed by atoms with Crippen molar-refractivity contribution in [2.75, 3.05) is 33.8 Å². The van der Waals surface area contributed by atoms with Crippen LogP contribution < -0.4 is 12.4 Å². The van der Waals surface area contributed by atoms with Crippen LogP contribution >= 0.6 is 0 Å². The van der Waals surface area contributed by atoms with E-state index in [0.29, 0.717) is 6.54 Å². The van der Waals surface area contributed by atoms with Gasteiger partial charge in [-0.3, -0.25) is 0 Å². The highest BCUT2D eigenvalue weighted by Crippen LogP contribution is 1.97. The van der Waals surface area contributed by atoms with Gasteiger partial charge in [-0.2, -0.15) is 0 Å². The standard InChI is InChI=1S/C7H18NO2.ClH/c1-4-8(2,3)5-7(10)6-9;/h7,9-10H,4-6H2,1-3H3;1H/q+1;/p-1. The Bertz CT molecular complexity index is 98.4. The minimum atomic E-state index is -0.574. The number of likely N-dealkylation sites (N-methyl/N-ethyl adjacent to an activating group) is 1. The van der Waals surface area contributed by atoms with Crippen LogP contribution in [0.5, 0.6) is 0 Å². The molecule has 0 saturated heterocycles. The van der Waals surface area contributed by atoms with Crippen molar-refractivity contribution in [1.29, 1.82) is 0 Å². The maximum Gasteiger partial charge on any atom is 0.126 e. The highest BCUT2D eigenvalue weighted by atomic mass is 35.5. The van der Waals surface area contributed by atoms with E-state index in [4.69, 9.17) is 10.2 Å². The molecule has 0 aliphatic rings. The van der Waals surface area contributed by atoms with Crippen molar-refractivity contribution < 1.29 is 27.1 Å². The number of hydrogen-bond donors (Lipinski definition) is 2. The lowest BCUT2D eigenvalue weighted by atomic mass is 10.3. The van der Waals surface area contributed by atoms with Crippen LogP contribution in [0.1, 0.15) is 6.92 Å². The molecule has 0 rings (SSSR count). The Hall–Kier alpha value is 0.170. The van der Waals surface area contributed by atoms with Crippen molar-refractivity contribution in [1.82, 2.24) is 0 Å². The van der Waals surface area contributed by atoms with Crippen LogP contribution in [0.4, 0.5) is 0 Å². The SMILES string of the molecule is CC[N+](C)(C)CC(O)CO.[Cl-]. The average molecular weight is 184 g/mol. The van der Waals surface area contributed by atoms with Crippen LogP contribution in [0.25, 0.3) is 0 Å². The fourth-order valence-electron chi connectivity index (χ4n) is 0.757. The van der Waals surface area contributed by atoms with Crippen molar-refractivity contribution in [3.05, 3.63) is 0 Å². The molecular weight excluding hydrogens is 166 g/mol. The topological polar surface area (TPSA) is 40.5 Å². The molecule has 0 bridgehead atoms. The van der Waals surface area contributed by atoms with Gasteiger partial charge in [0, 0.05) is 0 Å². The summed E-state index contributed by atoms with van der Waals surface area (Å²) >= 11 is 0. The number of quaternary nitrogens is 1. The molecule has 0 saturated carbocycles. The van der Waals surface area contributed by atoms with Gasteiger partial charge < -0.3 is 27.1 Å². The van der Waals surface area contributed by atoms with Gasteiger partial charge in [0.05, 0.1) is 27.2 Å². The molecular formula is C7H18ClNO2. The molecule has 0 amide bonds. The summed E-state index contributed by atoms with van der Waals surface area (Å²) in [6.07, 6.45) is -0.574. The van der Waals surface area contributed by atoms with Gasteiger partial charge in [-0.05, 0) is 6.92 Å². The molecule has 1 atom stereocenters.